The van der Waals surface area contributed by atoms with Crippen molar-refractivity contribution in [3.63, 3.8) is 0 Å². The number of fused-ring (bicyclic) bond motifs is 1. The normalized spacial score (nSPS) is 15.2. The van der Waals surface area contributed by atoms with Crippen LogP contribution in [0.2, 0.25) is 0 Å². The van der Waals surface area contributed by atoms with Crippen LogP contribution in [-0.4, -0.2) is 0 Å². The molecule has 1 aliphatic rings. The van der Waals surface area contributed by atoms with Crippen molar-refractivity contribution < 1.29 is 4.42 Å². The Labute approximate surface area is 94.5 Å². The molecule has 2 aromatic rings. The molecule has 2 heteroatoms. The van der Waals surface area contributed by atoms with E-state index >= 15 is 0 Å². The summed E-state index contributed by atoms with van der Waals surface area (Å²) in [4.78, 5) is 0. The number of rotatable bonds is 3. The second-order valence-electron chi connectivity index (χ2n) is 4.57. The van der Waals surface area contributed by atoms with Crippen molar-refractivity contribution in [3.05, 3.63) is 35.6 Å². The summed E-state index contributed by atoms with van der Waals surface area (Å²) in [6.45, 7) is 0. The van der Waals surface area contributed by atoms with Crippen LogP contribution in [0.5, 0.6) is 0 Å². The van der Waals surface area contributed by atoms with E-state index in [0.29, 0.717) is 6.42 Å². The first-order chi connectivity index (χ1) is 7.86. The minimum atomic E-state index is 0.430. The molecular formula is C14H13NO. The van der Waals surface area contributed by atoms with Crippen LogP contribution in [-0.2, 0) is 12.8 Å². The predicted molar refractivity (Wildman–Crippen MR) is 62.0 cm³/mol. The van der Waals surface area contributed by atoms with Crippen molar-refractivity contribution in [1.29, 1.82) is 5.26 Å². The standard InChI is InChI=1S/C14H13NO/c15-6-5-12-9-16-14-4-3-11(8-13(12)14)7-10-1-2-10/h3-4,8-10H,1-2,5,7H2. The van der Waals surface area contributed by atoms with Gasteiger partial charge < -0.3 is 4.42 Å². The van der Waals surface area contributed by atoms with E-state index in [1.54, 1.807) is 6.26 Å². The van der Waals surface area contributed by atoms with E-state index in [4.69, 9.17) is 9.68 Å². The number of nitriles is 1. The summed E-state index contributed by atoms with van der Waals surface area (Å²) in [5.74, 6) is 0.892. The second kappa shape index (κ2) is 3.68. The highest BCUT2D eigenvalue weighted by molar-refractivity contribution is 5.82. The van der Waals surface area contributed by atoms with Gasteiger partial charge in [0.1, 0.15) is 5.58 Å². The molecule has 0 bridgehead atoms. The Kier molecular flexibility index (Phi) is 2.18. The van der Waals surface area contributed by atoms with Gasteiger partial charge in [0, 0.05) is 10.9 Å². The zero-order valence-corrected chi connectivity index (χ0v) is 9.07. The zero-order chi connectivity index (χ0) is 11.0. The number of hydrogen-bond acceptors (Lipinski definition) is 2. The topological polar surface area (TPSA) is 36.9 Å². The van der Waals surface area contributed by atoms with Gasteiger partial charge in [-0.05, 0) is 42.9 Å². The Hall–Kier alpha value is -1.75. The molecule has 0 aliphatic heterocycles. The minimum Gasteiger partial charge on any atom is -0.464 e. The second-order valence-corrected chi connectivity index (χ2v) is 4.57. The molecule has 1 saturated carbocycles. The highest BCUT2D eigenvalue weighted by atomic mass is 16.3. The molecule has 0 unspecified atom stereocenters. The van der Waals surface area contributed by atoms with E-state index in [2.05, 4.69) is 18.2 Å². The van der Waals surface area contributed by atoms with Crippen LogP contribution < -0.4 is 0 Å². The average Bonchev–Trinajstić information content (AvgIpc) is 3.01. The Morgan fingerprint density at radius 2 is 2.25 bits per heavy atom. The summed E-state index contributed by atoms with van der Waals surface area (Å²) in [5, 5.41) is 9.84. The van der Waals surface area contributed by atoms with Crippen molar-refractivity contribution in [2.24, 2.45) is 5.92 Å². The van der Waals surface area contributed by atoms with Crippen molar-refractivity contribution in [2.45, 2.75) is 25.7 Å². The van der Waals surface area contributed by atoms with Gasteiger partial charge in [-0.3, -0.25) is 0 Å². The lowest BCUT2D eigenvalue weighted by atomic mass is 10.0. The van der Waals surface area contributed by atoms with Crippen molar-refractivity contribution in [2.75, 3.05) is 0 Å². The summed E-state index contributed by atoms with van der Waals surface area (Å²) < 4.78 is 5.43. The molecule has 2 nitrogen and oxygen atoms in total. The molecule has 1 heterocycles. The summed E-state index contributed by atoms with van der Waals surface area (Å²) >= 11 is 0. The molecule has 80 valence electrons. The van der Waals surface area contributed by atoms with E-state index in [-0.39, 0.29) is 0 Å². The maximum atomic E-state index is 8.73. The molecule has 1 aromatic carbocycles. The van der Waals surface area contributed by atoms with Crippen LogP contribution in [0.15, 0.2) is 28.9 Å². The lowest BCUT2D eigenvalue weighted by Crippen LogP contribution is -1.87. The van der Waals surface area contributed by atoms with Crippen molar-refractivity contribution in [3.8, 4) is 6.07 Å². The van der Waals surface area contributed by atoms with E-state index in [0.717, 1.165) is 22.5 Å². The van der Waals surface area contributed by atoms with E-state index < -0.39 is 0 Å². The molecule has 16 heavy (non-hydrogen) atoms. The summed E-state index contributed by atoms with van der Waals surface area (Å²) in [5.41, 5.74) is 3.27. The van der Waals surface area contributed by atoms with Gasteiger partial charge in [0.15, 0.2) is 0 Å². The van der Waals surface area contributed by atoms with Crippen LogP contribution in [0.3, 0.4) is 0 Å². The third-order valence-corrected chi connectivity index (χ3v) is 3.21. The van der Waals surface area contributed by atoms with Gasteiger partial charge in [-0.2, -0.15) is 5.26 Å². The van der Waals surface area contributed by atoms with Gasteiger partial charge in [0.25, 0.3) is 0 Å². The van der Waals surface area contributed by atoms with Gasteiger partial charge in [0.2, 0.25) is 0 Å². The SMILES string of the molecule is N#CCc1coc2ccc(CC3CC3)cc12. The highest BCUT2D eigenvalue weighted by Crippen LogP contribution is 2.33. The molecule has 0 radical (unpaired) electrons. The summed E-state index contributed by atoms with van der Waals surface area (Å²) in [7, 11) is 0. The minimum absolute atomic E-state index is 0.430. The van der Waals surface area contributed by atoms with Gasteiger partial charge in [0.05, 0.1) is 18.8 Å². The van der Waals surface area contributed by atoms with Gasteiger partial charge in [-0.15, -0.1) is 0 Å². The fraction of sp³-hybridized carbons (Fsp3) is 0.357. The largest absolute Gasteiger partial charge is 0.464 e. The molecule has 0 N–H and O–H groups in total. The molecule has 1 fully saturated rings. The van der Waals surface area contributed by atoms with Crippen LogP contribution in [0, 0.1) is 17.2 Å². The smallest absolute Gasteiger partial charge is 0.134 e. The van der Waals surface area contributed by atoms with E-state index in [1.807, 2.05) is 6.07 Å². The Morgan fingerprint density at radius 3 is 3.00 bits per heavy atom. The van der Waals surface area contributed by atoms with E-state index in [1.165, 1.54) is 24.8 Å². The molecule has 0 spiro atoms. The Morgan fingerprint density at radius 1 is 1.38 bits per heavy atom. The number of hydrogen-bond donors (Lipinski definition) is 0. The molecular weight excluding hydrogens is 198 g/mol. The molecule has 0 amide bonds. The van der Waals surface area contributed by atoms with Gasteiger partial charge in [-0.25, -0.2) is 0 Å². The zero-order valence-electron chi connectivity index (χ0n) is 9.07. The summed E-state index contributed by atoms with van der Waals surface area (Å²) in [6, 6.07) is 8.52. The third kappa shape index (κ3) is 1.69. The maximum Gasteiger partial charge on any atom is 0.134 e. The van der Waals surface area contributed by atoms with Crippen LogP contribution in [0.25, 0.3) is 11.0 Å². The van der Waals surface area contributed by atoms with Crippen LogP contribution in [0.4, 0.5) is 0 Å². The number of benzene rings is 1. The Balaban J connectivity index is 1.99. The molecule has 3 rings (SSSR count). The van der Waals surface area contributed by atoms with Crippen LogP contribution in [0.1, 0.15) is 24.0 Å². The van der Waals surface area contributed by atoms with Crippen molar-refractivity contribution >= 4 is 11.0 Å². The quantitative estimate of drug-likeness (QED) is 0.779. The predicted octanol–water partition coefficient (Wildman–Crippen LogP) is 3.45. The van der Waals surface area contributed by atoms with Crippen molar-refractivity contribution in [1.82, 2.24) is 0 Å². The molecule has 1 aromatic heterocycles. The molecule has 0 saturated heterocycles. The first-order valence-electron chi connectivity index (χ1n) is 5.73. The number of furan rings is 1. The lowest BCUT2D eigenvalue weighted by Gasteiger charge is -1.99. The van der Waals surface area contributed by atoms with Gasteiger partial charge in [-0.1, -0.05) is 6.07 Å². The van der Waals surface area contributed by atoms with E-state index in [9.17, 15) is 0 Å². The fourth-order valence-electron chi connectivity index (χ4n) is 2.13. The monoisotopic (exact) mass is 211 g/mol. The first kappa shape index (κ1) is 9.47. The van der Waals surface area contributed by atoms with Crippen LogP contribution >= 0.6 is 0 Å². The average molecular weight is 211 g/mol. The fourth-order valence-corrected chi connectivity index (χ4v) is 2.13. The lowest BCUT2D eigenvalue weighted by molar-refractivity contribution is 0.612. The first-order valence-corrected chi connectivity index (χ1v) is 5.73. The number of nitrogens with zero attached hydrogens (tertiary/aromatic N) is 1. The maximum absolute atomic E-state index is 8.73. The highest BCUT2D eigenvalue weighted by Gasteiger charge is 2.21. The molecule has 1 aliphatic carbocycles. The summed E-state index contributed by atoms with van der Waals surface area (Å²) in [6.07, 6.45) is 6.05. The molecule has 0 atom stereocenters. The Bertz CT molecular complexity index is 558. The van der Waals surface area contributed by atoms with Gasteiger partial charge >= 0.3 is 0 Å². The third-order valence-electron chi connectivity index (χ3n) is 3.21.